The van der Waals surface area contributed by atoms with Gasteiger partial charge >= 0.3 is 0 Å². The molecule has 3 rings (SSSR count). The van der Waals surface area contributed by atoms with Gasteiger partial charge in [0.15, 0.2) is 0 Å². The van der Waals surface area contributed by atoms with Crippen molar-refractivity contribution in [1.29, 1.82) is 0 Å². The van der Waals surface area contributed by atoms with E-state index in [0.717, 1.165) is 34.2 Å². The van der Waals surface area contributed by atoms with Gasteiger partial charge in [0, 0.05) is 30.1 Å². The van der Waals surface area contributed by atoms with Gasteiger partial charge in [0.25, 0.3) is 0 Å². The molecule has 4 nitrogen and oxygen atoms in total. The molecule has 20 heavy (non-hydrogen) atoms. The number of aromatic nitrogens is 3. The molecular weight excluding hydrogens is 268 g/mol. The van der Waals surface area contributed by atoms with Crippen molar-refractivity contribution >= 4 is 22.4 Å². The first kappa shape index (κ1) is 13.3. The molecule has 3 aromatic rings. The summed E-state index contributed by atoms with van der Waals surface area (Å²) in [6.07, 6.45) is 2.62. The molecule has 0 aliphatic heterocycles. The summed E-state index contributed by atoms with van der Waals surface area (Å²) in [4.78, 5) is 10.1. The second-order valence-electron chi connectivity index (χ2n) is 4.85. The molecule has 0 fully saturated rings. The number of aryl methyl sites for hydroxylation is 2. The Labute approximate surface area is 122 Å². The van der Waals surface area contributed by atoms with Crippen molar-refractivity contribution in [3.05, 3.63) is 46.2 Å². The van der Waals surface area contributed by atoms with Crippen LogP contribution in [0.4, 0.5) is 0 Å². The highest BCUT2D eigenvalue weighted by Crippen LogP contribution is 2.24. The van der Waals surface area contributed by atoms with Gasteiger partial charge in [0.05, 0.1) is 16.0 Å². The van der Waals surface area contributed by atoms with Crippen LogP contribution < -0.4 is 5.73 Å². The molecule has 0 saturated heterocycles. The zero-order chi connectivity index (χ0) is 14.1. The summed E-state index contributed by atoms with van der Waals surface area (Å²) >= 11 is 1.66. The highest BCUT2D eigenvalue weighted by atomic mass is 32.1. The van der Waals surface area contributed by atoms with Crippen molar-refractivity contribution in [3.63, 3.8) is 0 Å². The SMILES string of the molecule is CCn1c(CC(N)c2cnc(C)s2)nc2ccccc21. The quantitative estimate of drug-likeness (QED) is 0.802. The van der Waals surface area contributed by atoms with Gasteiger partial charge in [-0.2, -0.15) is 0 Å². The lowest BCUT2D eigenvalue weighted by Crippen LogP contribution is -2.15. The molecule has 1 atom stereocenters. The summed E-state index contributed by atoms with van der Waals surface area (Å²) in [6.45, 7) is 5.05. The van der Waals surface area contributed by atoms with E-state index in [1.54, 1.807) is 11.3 Å². The first-order valence-corrected chi connectivity index (χ1v) is 7.62. The fourth-order valence-electron chi connectivity index (χ4n) is 2.48. The normalized spacial score (nSPS) is 12.9. The van der Waals surface area contributed by atoms with Crippen LogP contribution in [-0.4, -0.2) is 14.5 Å². The maximum absolute atomic E-state index is 6.30. The largest absolute Gasteiger partial charge is 0.328 e. The minimum atomic E-state index is -0.0386. The summed E-state index contributed by atoms with van der Waals surface area (Å²) in [5, 5.41) is 1.06. The Hall–Kier alpha value is -1.72. The molecule has 5 heteroatoms. The molecule has 1 unspecified atom stereocenters. The van der Waals surface area contributed by atoms with Gasteiger partial charge in [0.1, 0.15) is 5.82 Å². The van der Waals surface area contributed by atoms with E-state index < -0.39 is 0 Å². The number of imidazole rings is 1. The highest BCUT2D eigenvalue weighted by molar-refractivity contribution is 7.11. The van der Waals surface area contributed by atoms with Crippen LogP contribution in [0.15, 0.2) is 30.5 Å². The van der Waals surface area contributed by atoms with Gasteiger partial charge < -0.3 is 10.3 Å². The Kier molecular flexibility index (Phi) is 3.54. The summed E-state index contributed by atoms with van der Waals surface area (Å²) in [6, 6.07) is 8.19. The number of benzene rings is 1. The second kappa shape index (κ2) is 5.34. The lowest BCUT2D eigenvalue weighted by Gasteiger charge is -2.10. The summed E-state index contributed by atoms with van der Waals surface area (Å²) in [5.41, 5.74) is 8.52. The minimum absolute atomic E-state index is 0.0386. The van der Waals surface area contributed by atoms with E-state index in [2.05, 4.69) is 22.5 Å². The van der Waals surface area contributed by atoms with Gasteiger partial charge in [-0.15, -0.1) is 11.3 Å². The predicted molar refractivity (Wildman–Crippen MR) is 82.9 cm³/mol. The van der Waals surface area contributed by atoms with Crippen LogP contribution in [0, 0.1) is 6.92 Å². The fraction of sp³-hybridized carbons (Fsp3) is 0.333. The van der Waals surface area contributed by atoms with E-state index in [0.29, 0.717) is 0 Å². The number of nitrogens with two attached hydrogens (primary N) is 1. The van der Waals surface area contributed by atoms with E-state index in [-0.39, 0.29) is 6.04 Å². The third-order valence-electron chi connectivity index (χ3n) is 3.46. The van der Waals surface area contributed by atoms with Gasteiger partial charge in [-0.05, 0) is 26.0 Å². The van der Waals surface area contributed by atoms with Crippen LogP contribution >= 0.6 is 11.3 Å². The van der Waals surface area contributed by atoms with E-state index in [4.69, 9.17) is 10.7 Å². The Morgan fingerprint density at radius 2 is 2.15 bits per heavy atom. The number of thiazole rings is 1. The van der Waals surface area contributed by atoms with Gasteiger partial charge in [-0.3, -0.25) is 0 Å². The van der Waals surface area contributed by atoms with Crippen LogP contribution in [0.1, 0.15) is 28.7 Å². The van der Waals surface area contributed by atoms with Gasteiger partial charge in [-0.25, -0.2) is 9.97 Å². The number of fused-ring (bicyclic) bond motifs is 1. The minimum Gasteiger partial charge on any atom is -0.328 e. The molecule has 0 aliphatic carbocycles. The van der Waals surface area contributed by atoms with Crippen molar-refractivity contribution in [2.75, 3.05) is 0 Å². The van der Waals surface area contributed by atoms with E-state index in [1.807, 2.05) is 31.3 Å². The summed E-state index contributed by atoms with van der Waals surface area (Å²) in [5.74, 6) is 1.05. The highest BCUT2D eigenvalue weighted by Gasteiger charge is 2.15. The molecule has 1 aromatic carbocycles. The fourth-order valence-corrected chi connectivity index (χ4v) is 3.27. The Morgan fingerprint density at radius 1 is 1.35 bits per heavy atom. The van der Waals surface area contributed by atoms with Crippen LogP contribution in [0.5, 0.6) is 0 Å². The Morgan fingerprint density at radius 3 is 2.85 bits per heavy atom. The molecule has 2 N–H and O–H groups in total. The molecule has 104 valence electrons. The molecule has 0 bridgehead atoms. The van der Waals surface area contributed by atoms with E-state index in [1.165, 1.54) is 5.52 Å². The maximum Gasteiger partial charge on any atom is 0.111 e. The summed E-state index contributed by atoms with van der Waals surface area (Å²) in [7, 11) is 0. The smallest absolute Gasteiger partial charge is 0.111 e. The number of rotatable bonds is 4. The number of para-hydroxylation sites is 2. The van der Waals surface area contributed by atoms with Crippen LogP contribution in [0.3, 0.4) is 0 Å². The molecule has 0 spiro atoms. The molecule has 2 aromatic heterocycles. The third kappa shape index (κ3) is 2.34. The molecule has 0 amide bonds. The summed E-state index contributed by atoms with van der Waals surface area (Å²) < 4.78 is 2.24. The third-order valence-corrected chi connectivity index (χ3v) is 4.50. The predicted octanol–water partition coefficient (Wildman–Crippen LogP) is 3.06. The molecule has 2 heterocycles. The van der Waals surface area contributed by atoms with Gasteiger partial charge in [-0.1, -0.05) is 12.1 Å². The molecule has 0 saturated carbocycles. The van der Waals surface area contributed by atoms with E-state index >= 15 is 0 Å². The van der Waals surface area contributed by atoms with Crippen molar-refractivity contribution in [2.24, 2.45) is 5.73 Å². The Bertz CT molecular complexity index is 728. The standard InChI is InChI=1S/C15H18N4S/c1-3-19-13-7-5-4-6-12(13)18-15(19)8-11(16)14-9-17-10(2)20-14/h4-7,9,11H,3,8,16H2,1-2H3. The lowest BCUT2D eigenvalue weighted by molar-refractivity contribution is 0.643. The van der Waals surface area contributed by atoms with Crippen LogP contribution in [0.2, 0.25) is 0 Å². The van der Waals surface area contributed by atoms with Crippen LogP contribution in [-0.2, 0) is 13.0 Å². The molecule has 0 aliphatic rings. The maximum atomic E-state index is 6.30. The van der Waals surface area contributed by atoms with E-state index in [9.17, 15) is 0 Å². The Balaban J connectivity index is 1.94. The first-order valence-electron chi connectivity index (χ1n) is 6.81. The molecular formula is C15H18N4S. The topological polar surface area (TPSA) is 56.7 Å². The zero-order valence-corrected chi connectivity index (χ0v) is 12.5. The second-order valence-corrected chi connectivity index (χ2v) is 6.12. The molecule has 0 radical (unpaired) electrons. The first-order chi connectivity index (χ1) is 9.69. The zero-order valence-electron chi connectivity index (χ0n) is 11.7. The average molecular weight is 286 g/mol. The van der Waals surface area contributed by atoms with Crippen molar-refractivity contribution < 1.29 is 0 Å². The lowest BCUT2D eigenvalue weighted by atomic mass is 10.2. The van der Waals surface area contributed by atoms with Gasteiger partial charge in [0.2, 0.25) is 0 Å². The van der Waals surface area contributed by atoms with Crippen molar-refractivity contribution in [3.8, 4) is 0 Å². The van der Waals surface area contributed by atoms with Crippen LogP contribution in [0.25, 0.3) is 11.0 Å². The average Bonchev–Trinajstić information content (AvgIpc) is 3.01. The number of hydrogen-bond acceptors (Lipinski definition) is 4. The monoisotopic (exact) mass is 286 g/mol. The van der Waals surface area contributed by atoms with Crippen molar-refractivity contribution in [2.45, 2.75) is 32.9 Å². The number of hydrogen-bond donors (Lipinski definition) is 1. The number of nitrogens with zero attached hydrogens (tertiary/aromatic N) is 3. The van der Waals surface area contributed by atoms with Crippen molar-refractivity contribution in [1.82, 2.24) is 14.5 Å².